The van der Waals surface area contributed by atoms with Gasteiger partial charge in [-0.15, -0.1) is 0 Å². The van der Waals surface area contributed by atoms with Crippen molar-refractivity contribution in [2.75, 3.05) is 10.8 Å². The van der Waals surface area contributed by atoms with E-state index in [1.54, 1.807) is 24.3 Å². The maximum atomic E-state index is 14.1. The highest BCUT2D eigenvalue weighted by Gasteiger charge is 2.34. The maximum Gasteiger partial charge on any atom is 0.264 e. The van der Waals surface area contributed by atoms with Gasteiger partial charge in [-0.25, -0.2) is 8.42 Å². The molecule has 0 fully saturated rings. The fourth-order valence-electron chi connectivity index (χ4n) is 4.22. The quantitative estimate of drug-likeness (QED) is 0.289. The normalized spacial score (nSPS) is 12.8. The number of nitrogens with one attached hydrogen (secondary N) is 1. The summed E-state index contributed by atoms with van der Waals surface area (Å²) in [5.41, 5.74) is 3.22. The number of anilines is 1. The molecule has 0 unspecified atom stereocenters. The zero-order valence-electron chi connectivity index (χ0n) is 23.7. The Hall–Kier alpha value is -3.36. The fourth-order valence-corrected chi connectivity index (χ4v) is 5.76. The van der Waals surface area contributed by atoms with Crippen LogP contribution in [0.2, 0.25) is 5.02 Å². The first kappa shape index (κ1) is 31.2. The molecular formula is C31H38ClN3O4S. The smallest absolute Gasteiger partial charge is 0.264 e. The topological polar surface area (TPSA) is 86.8 Å². The number of sulfonamides is 1. The first-order chi connectivity index (χ1) is 19.0. The Balaban J connectivity index is 2.04. The largest absolute Gasteiger partial charge is 0.352 e. The molecule has 40 heavy (non-hydrogen) atoms. The van der Waals surface area contributed by atoms with Crippen molar-refractivity contribution in [1.82, 2.24) is 10.2 Å². The van der Waals surface area contributed by atoms with Gasteiger partial charge >= 0.3 is 0 Å². The molecule has 3 aromatic rings. The molecule has 3 aromatic carbocycles. The van der Waals surface area contributed by atoms with Crippen molar-refractivity contribution in [2.45, 2.75) is 71.0 Å². The monoisotopic (exact) mass is 583 g/mol. The second-order valence-electron chi connectivity index (χ2n) is 10.1. The number of benzene rings is 3. The van der Waals surface area contributed by atoms with Crippen LogP contribution in [0.1, 0.15) is 50.3 Å². The van der Waals surface area contributed by atoms with Crippen molar-refractivity contribution >= 4 is 39.1 Å². The molecular weight excluding hydrogens is 546 g/mol. The highest BCUT2D eigenvalue weighted by atomic mass is 35.5. The second-order valence-corrected chi connectivity index (χ2v) is 12.3. The Bertz CT molecular complexity index is 1390. The van der Waals surface area contributed by atoms with Crippen molar-refractivity contribution in [3.8, 4) is 0 Å². The SMILES string of the molecule is CC[C@@H](C)NC(=O)[C@H](CC)N(Cc1ccc(C)cc1)C(=O)CN(c1ccc(C)cc1)S(=O)(=O)c1ccc(Cl)cc1. The lowest BCUT2D eigenvalue weighted by molar-refractivity contribution is -0.140. The van der Waals surface area contributed by atoms with Gasteiger partial charge in [0, 0.05) is 17.6 Å². The first-order valence-corrected chi connectivity index (χ1v) is 15.3. The molecule has 0 saturated carbocycles. The van der Waals surface area contributed by atoms with E-state index in [9.17, 15) is 18.0 Å². The standard InChI is InChI=1S/C31H38ClN3O4S/c1-6-24(5)33-31(37)29(7-2)34(20-25-12-8-22(3)9-13-25)30(36)21-35(27-16-10-23(4)11-17-27)40(38,39)28-18-14-26(32)15-19-28/h8-19,24,29H,6-7,20-21H2,1-5H3,(H,33,37)/t24-,29+/m1/s1. The molecule has 0 aromatic heterocycles. The van der Waals surface area contributed by atoms with Crippen molar-refractivity contribution in [2.24, 2.45) is 0 Å². The Labute approximate surface area is 243 Å². The summed E-state index contributed by atoms with van der Waals surface area (Å²) in [6.45, 7) is 9.29. The molecule has 3 rings (SSSR count). The summed E-state index contributed by atoms with van der Waals surface area (Å²) in [5.74, 6) is -0.746. The van der Waals surface area contributed by atoms with E-state index in [0.29, 0.717) is 17.1 Å². The van der Waals surface area contributed by atoms with Crippen LogP contribution in [0.25, 0.3) is 0 Å². The van der Waals surface area contributed by atoms with Crippen molar-refractivity contribution in [3.63, 3.8) is 0 Å². The average molecular weight is 584 g/mol. The number of halogens is 1. The number of carbonyl (C=O) groups is 2. The van der Waals surface area contributed by atoms with Gasteiger partial charge in [-0.1, -0.05) is 73.0 Å². The molecule has 0 bridgehead atoms. The minimum atomic E-state index is -4.14. The zero-order valence-corrected chi connectivity index (χ0v) is 25.3. The van der Waals surface area contributed by atoms with Crippen LogP contribution < -0.4 is 9.62 Å². The third-order valence-electron chi connectivity index (χ3n) is 6.86. The molecule has 1 N–H and O–H groups in total. The highest BCUT2D eigenvalue weighted by molar-refractivity contribution is 7.92. The van der Waals surface area contributed by atoms with Gasteiger partial charge in [0.1, 0.15) is 12.6 Å². The third kappa shape index (κ3) is 7.86. The molecule has 2 atom stereocenters. The van der Waals surface area contributed by atoms with E-state index < -0.39 is 28.5 Å². The van der Waals surface area contributed by atoms with Gasteiger partial charge < -0.3 is 10.2 Å². The average Bonchev–Trinajstić information content (AvgIpc) is 2.93. The van der Waals surface area contributed by atoms with Crippen molar-refractivity contribution in [3.05, 3.63) is 94.5 Å². The second kappa shape index (κ2) is 13.8. The summed E-state index contributed by atoms with van der Waals surface area (Å²) < 4.78 is 28.8. The van der Waals surface area contributed by atoms with E-state index in [0.717, 1.165) is 27.4 Å². The number of carbonyl (C=O) groups excluding carboxylic acids is 2. The van der Waals surface area contributed by atoms with E-state index >= 15 is 0 Å². The van der Waals surface area contributed by atoms with Crippen molar-refractivity contribution in [1.29, 1.82) is 0 Å². The predicted octanol–water partition coefficient (Wildman–Crippen LogP) is 5.87. The van der Waals surface area contributed by atoms with Gasteiger partial charge in [0.2, 0.25) is 11.8 Å². The van der Waals surface area contributed by atoms with E-state index in [1.165, 1.54) is 29.2 Å². The summed E-state index contributed by atoms with van der Waals surface area (Å²) >= 11 is 6.01. The third-order valence-corrected chi connectivity index (χ3v) is 8.90. The molecule has 0 heterocycles. The van der Waals surface area contributed by atoms with Gasteiger partial charge in [0.05, 0.1) is 10.6 Å². The van der Waals surface area contributed by atoms with Crippen LogP contribution in [0.4, 0.5) is 5.69 Å². The minimum absolute atomic E-state index is 0.0110. The van der Waals surface area contributed by atoms with Gasteiger partial charge in [-0.2, -0.15) is 0 Å². The number of aryl methyl sites for hydroxylation is 2. The molecule has 0 aliphatic rings. The van der Waals surface area contributed by atoms with Gasteiger partial charge in [0.15, 0.2) is 0 Å². The number of rotatable bonds is 12. The summed E-state index contributed by atoms with van der Waals surface area (Å²) in [6.07, 6.45) is 1.11. The summed E-state index contributed by atoms with van der Waals surface area (Å²) in [5, 5.41) is 3.39. The maximum absolute atomic E-state index is 14.1. The van der Waals surface area contributed by atoms with Crippen LogP contribution in [0.5, 0.6) is 0 Å². The summed E-state index contributed by atoms with van der Waals surface area (Å²) in [6, 6.07) is 19.7. The number of nitrogens with zero attached hydrogens (tertiary/aromatic N) is 2. The van der Waals surface area contributed by atoms with E-state index in [2.05, 4.69) is 5.32 Å². The molecule has 0 saturated heterocycles. The minimum Gasteiger partial charge on any atom is -0.352 e. The Morgan fingerprint density at radius 1 is 0.850 bits per heavy atom. The molecule has 214 valence electrons. The number of amides is 2. The van der Waals surface area contributed by atoms with Crippen molar-refractivity contribution < 1.29 is 18.0 Å². The van der Waals surface area contributed by atoms with Crippen LogP contribution in [0.15, 0.2) is 77.7 Å². The van der Waals surface area contributed by atoms with Crippen LogP contribution in [-0.4, -0.2) is 43.8 Å². The predicted molar refractivity (Wildman–Crippen MR) is 161 cm³/mol. The van der Waals surface area contributed by atoms with Crippen LogP contribution in [0, 0.1) is 13.8 Å². The van der Waals surface area contributed by atoms with Crippen LogP contribution >= 0.6 is 11.6 Å². The number of hydrogen-bond donors (Lipinski definition) is 1. The van der Waals surface area contributed by atoms with Crippen LogP contribution in [0.3, 0.4) is 0 Å². The Morgan fingerprint density at radius 3 is 1.93 bits per heavy atom. The van der Waals surface area contributed by atoms with E-state index in [1.807, 2.05) is 58.9 Å². The summed E-state index contributed by atoms with van der Waals surface area (Å²) in [7, 11) is -4.14. The molecule has 9 heteroatoms. The van der Waals surface area contributed by atoms with E-state index in [4.69, 9.17) is 11.6 Å². The zero-order chi connectivity index (χ0) is 29.4. The van der Waals surface area contributed by atoms with Crippen LogP contribution in [-0.2, 0) is 26.2 Å². The van der Waals surface area contributed by atoms with E-state index in [-0.39, 0.29) is 23.4 Å². The molecule has 0 radical (unpaired) electrons. The Morgan fingerprint density at radius 2 is 1.40 bits per heavy atom. The molecule has 0 aliphatic carbocycles. The van der Waals surface area contributed by atoms with Gasteiger partial charge in [-0.05, 0) is 75.6 Å². The fraction of sp³-hybridized carbons (Fsp3) is 0.355. The molecule has 7 nitrogen and oxygen atoms in total. The number of hydrogen-bond acceptors (Lipinski definition) is 4. The molecule has 0 aliphatic heterocycles. The lowest BCUT2D eigenvalue weighted by atomic mass is 10.1. The highest BCUT2D eigenvalue weighted by Crippen LogP contribution is 2.26. The Kier molecular flexibility index (Phi) is 10.8. The lowest BCUT2D eigenvalue weighted by Gasteiger charge is -2.33. The summed E-state index contributed by atoms with van der Waals surface area (Å²) in [4.78, 5) is 28.9. The van der Waals surface area contributed by atoms with Gasteiger partial charge in [-0.3, -0.25) is 13.9 Å². The first-order valence-electron chi connectivity index (χ1n) is 13.5. The molecule has 0 spiro atoms. The molecule has 2 amide bonds. The lowest BCUT2D eigenvalue weighted by Crippen LogP contribution is -2.53. The van der Waals surface area contributed by atoms with Gasteiger partial charge in [0.25, 0.3) is 10.0 Å².